The van der Waals surface area contributed by atoms with Gasteiger partial charge in [-0.15, -0.1) is 0 Å². The fraction of sp³-hybridized carbons (Fsp3) is 0.600. The first-order chi connectivity index (χ1) is 7.27. The largest absolute Gasteiger partial charge is 0.383 e. The summed E-state index contributed by atoms with van der Waals surface area (Å²) < 4.78 is 5.11. The number of nitrogens with one attached hydrogen (secondary N) is 1. The molecule has 1 aromatic heterocycles. The molecular formula is C10H16ClN3O. The number of methoxy groups -OCH3 is 1. The molecule has 0 bridgehead atoms. The molecule has 0 aromatic carbocycles. The van der Waals surface area contributed by atoms with Crippen LogP contribution in [0.3, 0.4) is 0 Å². The first kappa shape index (κ1) is 12.2. The van der Waals surface area contributed by atoms with Gasteiger partial charge in [-0.2, -0.15) is 0 Å². The molecule has 1 unspecified atom stereocenters. The van der Waals surface area contributed by atoms with Crippen molar-refractivity contribution >= 4 is 17.4 Å². The summed E-state index contributed by atoms with van der Waals surface area (Å²) in [5.74, 6) is 0.620. The van der Waals surface area contributed by atoms with Crippen LogP contribution in [0.25, 0.3) is 0 Å². The van der Waals surface area contributed by atoms with E-state index in [2.05, 4.69) is 22.2 Å². The van der Waals surface area contributed by atoms with Crippen molar-refractivity contribution in [2.75, 3.05) is 19.0 Å². The molecule has 0 aliphatic heterocycles. The van der Waals surface area contributed by atoms with Crippen molar-refractivity contribution < 1.29 is 4.74 Å². The third kappa shape index (κ3) is 4.01. The molecule has 1 N–H and O–H groups in total. The van der Waals surface area contributed by atoms with E-state index < -0.39 is 0 Å². The Kier molecular flexibility index (Phi) is 5.36. The predicted octanol–water partition coefficient (Wildman–Crippen LogP) is 2.36. The molecule has 0 fully saturated rings. The van der Waals surface area contributed by atoms with Gasteiger partial charge in [0.15, 0.2) is 11.0 Å². The quantitative estimate of drug-likeness (QED) is 0.814. The molecule has 0 spiro atoms. The minimum Gasteiger partial charge on any atom is -0.383 e. The van der Waals surface area contributed by atoms with Crippen molar-refractivity contribution in [1.82, 2.24) is 9.97 Å². The molecule has 0 aliphatic carbocycles. The molecule has 1 heterocycles. The van der Waals surface area contributed by atoms with Crippen molar-refractivity contribution in [3.8, 4) is 0 Å². The summed E-state index contributed by atoms with van der Waals surface area (Å²) in [6.45, 7) is 2.77. The molecule has 1 aromatic rings. The molecule has 0 amide bonds. The Morgan fingerprint density at radius 2 is 2.20 bits per heavy atom. The third-order valence-electron chi connectivity index (χ3n) is 2.00. The lowest BCUT2D eigenvalue weighted by atomic mass is 10.2. The summed E-state index contributed by atoms with van der Waals surface area (Å²) >= 11 is 5.89. The Bertz CT molecular complexity index is 290. The number of rotatable bonds is 6. The fourth-order valence-electron chi connectivity index (χ4n) is 1.36. The summed E-state index contributed by atoms with van der Waals surface area (Å²) in [4.78, 5) is 8.07. The Labute approximate surface area is 95.0 Å². The van der Waals surface area contributed by atoms with E-state index in [0.717, 1.165) is 12.8 Å². The highest BCUT2D eigenvalue weighted by molar-refractivity contribution is 6.31. The molecule has 1 atom stereocenters. The zero-order valence-corrected chi connectivity index (χ0v) is 9.79. The Balaban J connectivity index is 2.60. The van der Waals surface area contributed by atoms with Crippen molar-refractivity contribution in [2.45, 2.75) is 25.8 Å². The van der Waals surface area contributed by atoms with Gasteiger partial charge in [0.25, 0.3) is 0 Å². The van der Waals surface area contributed by atoms with Gasteiger partial charge in [0.2, 0.25) is 0 Å². The topological polar surface area (TPSA) is 47.0 Å². The summed E-state index contributed by atoms with van der Waals surface area (Å²) in [5.41, 5.74) is 0. The van der Waals surface area contributed by atoms with Crippen molar-refractivity contribution in [1.29, 1.82) is 0 Å². The average molecular weight is 230 g/mol. The number of halogens is 1. The summed E-state index contributed by atoms with van der Waals surface area (Å²) in [6, 6.07) is 0.231. The second kappa shape index (κ2) is 6.58. The summed E-state index contributed by atoms with van der Waals surface area (Å²) in [7, 11) is 1.68. The SMILES string of the molecule is CCCC(COC)Nc1nccnc1Cl. The summed E-state index contributed by atoms with van der Waals surface area (Å²) in [6.07, 6.45) is 5.28. The van der Waals surface area contributed by atoms with Gasteiger partial charge in [0, 0.05) is 19.5 Å². The van der Waals surface area contributed by atoms with Crippen LogP contribution in [0.2, 0.25) is 5.15 Å². The van der Waals surface area contributed by atoms with Crippen LogP contribution in [-0.2, 0) is 4.74 Å². The van der Waals surface area contributed by atoms with Crippen LogP contribution in [0, 0.1) is 0 Å². The lowest BCUT2D eigenvalue weighted by Gasteiger charge is -2.17. The van der Waals surface area contributed by atoms with Crippen molar-refractivity contribution in [2.24, 2.45) is 0 Å². The minimum atomic E-state index is 0.231. The molecule has 15 heavy (non-hydrogen) atoms. The van der Waals surface area contributed by atoms with Crippen LogP contribution in [-0.4, -0.2) is 29.7 Å². The van der Waals surface area contributed by atoms with Crippen LogP contribution >= 0.6 is 11.6 Å². The lowest BCUT2D eigenvalue weighted by Crippen LogP contribution is -2.25. The molecular weight excluding hydrogens is 214 g/mol. The number of nitrogens with zero attached hydrogens (tertiary/aromatic N) is 2. The number of hydrogen-bond acceptors (Lipinski definition) is 4. The second-order valence-electron chi connectivity index (χ2n) is 3.28. The molecule has 0 aliphatic rings. The Morgan fingerprint density at radius 1 is 1.47 bits per heavy atom. The highest BCUT2D eigenvalue weighted by Gasteiger charge is 2.10. The smallest absolute Gasteiger partial charge is 0.171 e. The van der Waals surface area contributed by atoms with Gasteiger partial charge >= 0.3 is 0 Å². The zero-order chi connectivity index (χ0) is 11.1. The van der Waals surface area contributed by atoms with Gasteiger partial charge in [-0.3, -0.25) is 0 Å². The van der Waals surface area contributed by atoms with E-state index in [1.54, 1.807) is 19.5 Å². The predicted molar refractivity (Wildman–Crippen MR) is 61.2 cm³/mol. The van der Waals surface area contributed by atoms with Gasteiger partial charge in [-0.05, 0) is 6.42 Å². The van der Waals surface area contributed by atoms with E-state index in [-0.39, 0.29) is 6.04 Å². The van der Waals surface area contributed by atoms with Gasteiger partial charge in [0.1, 0.15) is 0 Å². The monoisotopic (exact) mass is 229 g/mol. The van der Waals surface area contributed by atoms with E-state index in [4.69, 9.17) is 16.3 Å². The first-order valence-electron chi connectivity index (χ1n) is 5.00. The van der Waals surface area contributed by atoms with E-state index >= 15 is 0 Å². The highest BCUT2D eigenvalue weighted by Crippen LogP contribution is 2.16. The van der Waals surface area contributed by atoms with Gasteiger partial charge in [-0.1, -0.05) is 24.9 Å². The van der Waals surface area contributed by atoms with Crippen molar-refractivity contribution in [3.63, 3.8) is 0 Å². The average Bonchev–Trinajstić information content (AvgIpc) is 2.22. The highest BCUT2D eigenvalue weighted by atomic mass is 35.5. The Hall–Kier alpha value is -0.870. The lowest BCUT2D eigenvalue weighted by molar-refractivity contribution is 0.182. The maximum Gasteiger partial charge on any atom is 0.171 e. The van der Waals surface area contributed by atoms with E-state index in [0.29, 0.717) is 17.6 Å². The second-order valence-corrected chi connectivity index (χ2v) is 3.64. The number of ether oxygens (including phenoxy) is 1. The molecule has 1 rings (SSSR count). The standard InChI is InChI=1S/C10H16ClN3O/c1-3-4-8(7-15-2)14-10-9(11)12-5-6-13-10/h5-6,8H,3-4,7H2,1-2H3,(H,13,14). The molecule has 0 saturated carbocycles. The minimum absolute atomic E-state index is 0.231. The van der Waals surface area contributed by atoms with Gasteiger partial charge in [-0.25, -0.2) is 9.97 Å². The number of aromatic nitrogens is 2. The van der Waals surface area contributed by atoms with E-state index in [9.17, 15) is 0 Å². The van der Waals surface area contributed by atoms with Crippen LogP contribution in [0.5, 0.6) is 0 Å². The molecule has 0 saturated heterocycles. The first-order valence-corrected chi connectivity index (χ1v) is 5.37. The zero-order valence-electron chi connectivity index (χ0n) is 9.03. The van der Waals surface area contributed by atoms with Gasteiger partial charge in [0.05, 0.1) is 12.6 Å². The molecule has 0 radical (unpaired) electrons. The molecule has 4 nitrogen and oxygen atoms in total. The van der Waals surface area contributed by atoms with E-state index in [1.165, 1.54) is 0 Å². The maximum atomic E-state index is 5.89. The number of anilines is 1. The van der Waals surface area contributed by atoms with E-state index in [1.807, 2.05) is 0 Å². The van der Waals surface area contributed by atoms with Gasteiger partial charge < -0.3 is 10.1 Å². The molecule has 5 heteroatoms. The fourth-order valence-corrected chi connectivity index (χ4v) is 1.52. The maximum absolute atomic E-state index is 5.89. The normalized spacial score (nSPS) is 12.5. The van der Waals surface area contributed by atoms with Crippen molar-refractivity contribution in [3.05, 3.63) is 17.5 Å². The van der Waals surface area contributed by atoms with Crippen LogP contribution in [0.1, 0.15) is 19.8 Å². The number of hydrogen-bond donors (Lipinski definition) is 1. The Morgan fingerprint density at radius 3 is 2.80 bits per heavy atom. The van der Waals surface area contributed by atoms with Crippen LogP contribution in [0.4, 0.5) is 5.82 Å². The third-order valence-corrected chi connectivity index (χ3v) is 2.28. The summed E-state index contributed by atoms with van der Waals surface area (Å²) in [5, 5.41) is 3.62. The van der Waals surface area contributed by atoms with Crippen LogP contribution < -0.4 is 5.32 Å². The molecule has 84 valence electrons. The van der Waals surface area contributed by atoms with Crippen LogP contribution in [0.15, 0.2) is 12.4 Å².